The quantitative estimate of drug-likeness (QED) is 0.675. The van der Waals surface area contributed by atoms with Crippen LogP contribution in [-0.2, 0) is 4.74 Å². The molecule has 0 atom stereocenters. The van der Waals surface area contributed by atoms with Gasteiger partial charge in [0, 0.05) is 20.1 Å². The van der Waals surface area contributed by atoms with Crippen molar-refractivity contribution in [2.45, 2.75) is 5.92 Å². The zero-order valence-electron chi connectivity index (χ0n) is 10.9. The predicted octanol–water partition coefficient (Wildman–Crippen LogP) is 4.25. The Morgan fingerprint density at radius 2 is 1.28 bits per heavy atom. The molecule has 0 aliphatic heterocycles. The van der Waals surface area contributed by atoms with Crippen LogP contribution < -0.4 is 0 Å². The van der Waals surface area contributed by atoms with Gasteiger partial charge in [-0.05, 0) is 22.3 Å². The van der Waals surface area contributed by atoms with E-state index in [-0.39, 0.29) is 0 Å². The largest absolute Gasteiger partial charge is 0.388 e. The third-order valence-corrected chi connectivity index (χ3v) is 3.12. The Kier molecular flexibility index (Phi) is 3.96. The second-order valence-electron chi connectivity index (χ2n) is 4.30. The van der Waals surface area contributed by atoms with Gasteiger partial charge in [0.2, 0.25) is 0 Å². The minimum absolute atomic E-state index is 0.373. The molecule has 2 aromatic rings. The molecule has 0 saturated heterocycles. The van der Waals surface area contributed by atoms with Gasteiger partial charge >= 0.3 is 0 Å². The van der Waals surface area contributed by atoms with E-state index in [1.54, 1.807) is 14.2 Å². The summed E-state index contributed by atoms with van der Waals surface area (Å²) in [6.07, 6.45) is 2.03. The Morgan fingerprint density at radius 1 is 0.889 bits per heavy atom. The topological polar surface area (TPSA) is 9.23 Å². The van der Waals surface area contributed by atoms with E-state index in [9.17, 15) is 0 Å². The first-order valence-corrected chi connectivity index (χ1v) is 6.04. The molecule has 0 N–H and O–H groups in total. The number of allylic oxidation sites excluding steroid dienone is 1. The van der Waals surface area contributed by atoms with Crippen LogP contribution in [0.4, 0.5) is 0 Å². The van der Waals surface area contributed by atoms with E-state index < -0.39 is 0 Å². The highest BCUT2D eigenvalue weighted by molar-refractivity contribution is 5.79. The summed E-state index contributed by atoms with van der Waals surface area (Å²) in [5.74, 6) is 0.373. The van der Waals surface area contributed by atoms with E-state index >= 15 is 0 Å². The molecular weight excluding hydrogens is 220 g/mol. The lowest BCUT2D eigenvalue weighted by molar-refractivity contribution is 0.277. The smallest absolute Gasteiger partial charge is 0.0351 e. The maximum Gasteiger partial charge on any atom is 0.0351 e. The number of hydrogen-bond acceptors (Lipinski definition) is 1. The Labute approximate surface area is 109 Å². The molecule has 0 heterocycles. The fourth-order valence-corrected chi connectivity index (χ4v) is 2.45. The predicted molar refractivity (Wildman–Crippen MR) is 76.9 cm³/mol. The van der Waals surface area contributed by atoms with Gasteiger partial charge in [-0.2, -0.15) is 0 Å². The van der Waals surface area contributed by atoms with Crippen LogP contribution in [0.5, 0.6) is 0 Å². The van der Waals surface area contributed by atoms with E-state index in [0.29, 0.717) is 5.92 Å². The van der Waals surface area contributed by atoms with Crippen LogP contribution in [0.15, 0.2) is 61.2 Å². The Bertz CT molecular complexity index is 497. The number of rotatable bonds is 1. The van der Waals surface area contributed by atoms with Crippen molar-refractivity contribution in [2.75, 3.05) is 14.2 Å². The minimum atomic E-state index is 0.373. The van der Waals surface area contributed by atoms with Gasteiger partial charge < -0.3 is 4.74 Å². The van der Waals surface area contributed by atoms with Gasteiger partial charge in [-0.25, -0.2) is 0 Å². The number of fused-ring (bicyclic) bond motifs is 3. The maximum absolute atomic E-state index is 4.25. The molecule has 1 aliphatic rings. The zero-order chi connectivity index (χ0) is 13.0. The monoisotopic (exact) mass is 238 g/mol. The van der Waals surface area contributed by atoms with Gasteiger partial charge in [-0.1, -0.05) is 54.6 Å². The molecule has 2 aromatic carbocycles. The first-order chi connectivity index (χ1) is 8.83. The molecule has 18 heavy (non-hydrogen) atoms. The molecule has 0 radical (unpaired) electrons. The van der Waals surface area contributed by atoms with Gasteiger partial charge in [-0.3, -0.25) is 0 Å². The van der Waals surface area contributed by atoms with Crippen molar-refractivity contribution in [3.8, 4) is 11.1 Å². The summed E-state index contributed by atoms with van der Waals surface area (Å²) in [4.78, 5) is 0. The Morgan fingerprint density at radius 3 is 1.67 bits per heavy atom. The van der Waals surface area contributed by atoms with Crippen LogP contribution >= 0.6 is 0 Å². The molecular formula is C17H18O. The molecule has 92 valence electrons. The second kappa shape index (κ2) is 5.65. The van der Waals surface area contributed by atoms with Gasteiger partial charge in [0.15, 0.2) is 0 Å². The highest BCUT2D eigenvalue weighted by Gasteiger charge is 2.24. The molecule has 0 bridgehead atoms. The number of ether oxygens (including phenoxy) is 1. The van der Waals surface area contributed by atoms with Crippen LogP contribution in [0, 0.1) is 0 Å². The molecule has 1 heteroatoms. The molecule has 0 saturated carbocycles. The summed E-state index contributed by atoms with van der Waals surface area (Å²) >= 11 is 0. The second-order valence-corrected chi connectivity index (χ2v) is 4.30. The van der Waals surface area contributed by atoms with Crippen LogP contribution in [0.25, 0.3) is 11.1 Å². The highest BCUT2D eigenvalue weighted by atomic mass is 16.4. The molecule has 0 unspecified atom stereocenters. The van der Waals surface area contributed by atoms with E-state index in [4.69, 9.17) is 0 Å². The lowest BCUT2D eigenvalue weighted by Gasteiger charge is -2.06. The van der Waals surface area contributed by atoms with E-state index in [1.165, 1.54) is 22.3 Å². The summed E-state index contributed by atoms with van der Waals surface area (Å²) in [6, 6.07) is 17.2. The van der Waals surface area contributed by atoms with Gasteiger partial charge in [0.25, 0.3) is 0 Å². The molecule has 1 nitrogen and oxygen atoms in total. The summed E-state index contributed by atoms with van der Waals surface area (Å²) in [7, 11) is 3.25. The number of methoxy groups -OCH3 is 1. The van der Waals surface area contributed by atoms with E-state index in [2.05, 4.69) is 59.8 Å². The van der Waals surface area contributed by atoms with Crippen LogP contribution in [0.3, 0.4) is 0 Å². The van der Waals surface area contributed by atoms with Crippen LogP contribution in [0.1, 0.15) is 17.0 Å². The van der Waals surface area contributed by atoms with Crippen molar-refractivity contribution in [3.63, 3.8) is 0 Å². The molecule has 0 fully saturated rings. The fourth-order valence-electron chi connectivity index (χ4n) is 2.45. The standard InChI is InChI=1S/C15H12.C2H6O/c1-2-11-12-7-3-5-9-14(12)15-10-6-4-8-13(11)15;1-3-2/h2-11H,1H2;1-2H3. The molecule has 3 rings (SSSR count). The average Bonchev–Trinajstić information content (AvgIpc) is 2.73. The van der Waals surface area contributed by atoms with Crippen molar-refractivity contribution in [2.24, 2.45) is 0 Å². The average molecular weight is 238 g/mol. The van der Waals surface area contributed by atoms with Crippen molar-refractivity contribution >= 4 is 0 Å². The Balaban J connectivity index is 0.000000367. The first-order valence-electron chi connectivity index (χ1n) is 6.04. The summed E-state index contributed by atoms with van der Waals surface area (Å²) in [6.45, 7) is 3.94. The third kappa shape index (κ3) is 2.09. The maximum atomic E-state index is 4.25. The Hall–Kier alpha value is -1.86. The molecule has 0 aromatic heterocycles. The first kappa shape index (κ1) is 12.6. The zero-order valence-corrected chi connectivity index (χ0v) is 10.9. The highest BCUT2D eigenvalue weighted by Crippen LogP contribution is 2.44. The normalized spacial score (nSPS) is 12.1. The lowest BCUT2D eigenvalue weighted by Crippen LogP contribution is -1.90. The van der Waals surface area contributed by atoms with Gasteiger partial charge in [0.05, 0.1) is 0 Å². The number of hydrogen-bond donors (Lipinski definition) is 0. The molecule has 0 amide bonds. The van der Waals surface area contributed by atoms with Crippen molar-refractivity contribution in [3.05, 3.63) is 72.3 Å². The summed E-state index contributed by atoms with van der Waals surface area (Å²) in [5, 5.41) is 0. The molecule has 1 aliphatic carbocycles. The third-order valence-electron chi connectivity index (χ3n) is 3.12. The van der Waals surface area contributed by atoms with Gasteiger partial charge in [-0.15, -0.1) is 6.58 Å². The summed E-state index contributed by atoms with van der Waals surface area (Å²) < 4.78 is 4.25. The van der Waals surface area contributed by atoms with Gasteiger partial charge in [0.1, 0.15) is 0 Å². The van der Waals surface area contributed by atoms with E-state index in [1.807, 2.05) is 6.08 Å². The van der Waals surface area contributed by atoms with Crippen LogP contribution in [-0.4, -0.2) is 14.2 Å². The SMILES string of the molecule is C=CC1c2ccccc2-c2ccccc21.COC. The summed E-state index contributed by atoms with van der Waals surface area (Å²) in [5.41, 5.74) is 5.48. The fraction of sp³-hybridized carbons (Fsp3) is 0.176. The van der Waals surface area contributed by atoms with Crippen molar-refractivity contribution < 1.29 is 4.74 Å². The van der Waals surface area contributed by atoms with Crippen molar-refractivity contribution in [1.29, 1.82) is 0 Å². The number of benzene rings is 2. The van der Waals surface area contributed by atoms with Crippen LogP contribution in [0.2, 0.25) is 0 Å². The molecule has 0 spiro atoms. The minimum Gasteiger partial charge on any atom is -0.388 e. The lowest BCUT2D eigenvalue weighted by atomic mass is 9.97. The van der Waals surface area contributed by atoms with E-state index in [0.717, 1.165) is 0 Å². The van der Waals surface area contributed by atoms with Crippen molar-refractivity contribution in [1.82, 2.24) is 0 Å².